The average Bonchev–Trinajstić information content (AvgIpc) is 2.98. The van der Waals surface area contributed by atoms with Gasteiger partial charge >= 0.3 is 0 Å². The summed E-state index contributed by atoms with van der Waals surface area (Å²) in [7, 11) is 4.04. The Morgan fingerprint density at radius 3 is 2.79 bits per heavy atom. The number of anilines is 1. The van der Waals surface area contributed by atoms with E-state index in [1.54, 1.807) is 29.2 Å². The number of nitrogens with zero attached hydrogens (tertiary/aromatic N) is 2. The first-order chi connectivity index (χ1) is 11.0. The molecule has 3 aromatic rings. The Labute approximate surface area is 170 Å². The van der Waals surface area contributed by atoms with Gasteiger partial charge in [-0.05, 0) is 30.3 Å². The van der Waals surface area contributed by atoms with Gasteiger partial charge in [0.15, 0.2) is 0 Å². The summed E-state index contributed by atoms with van der Waals surface area (Å²) in [6.07, 6.45) is 2.14. The topological polar surface area (TPSA) is 7.12 Å². The van der Waals surface area contributed by atoms with E-state index in [1.807, 2.05) is 38.4 Å². The van der Waals surface area contributed by atoms with Gasteiger partial charge in [0.25, 0.3) is 5.01 Å². The highest BCUT2D eigenvalue weighted by atomic mass is 127. The Morgan fingerprint density at radius 2 is 2.00 bits per heavy atom. The molecule has 0 saturated carbocycles. The van der Waals surface area contributed by atoms with Crippen LogP contribution in [-0.2, 0) is 7.05 Å². The highest BCUT2D eigenvalue weighted by molar-refractivity contribution is 8.03. The maximum absolute atomic E-state index is 13.4. The SMILES string of the molecule is CN1/C(=C/c2sc3cc(F)ccc3[n+]2C)Sc2ccc(Cl)cc21.[I-]. The van der Waals surface area contributed by atoms with Gasteiger partial charge in [-0.3, -0.25) is 0 Å². The summed E-state index contributed by atoms with van der Waals surface area (Å²) < 4.78 is 16.5. The minimum atomic E-state index is -0.201. The number of hydrogen-bond acceptors (Lipinski definition) is 3. The van der Waals surface area contributed by atoms with Crippen molar-refractivity contribution in [2.24, 2.45) is 7.05 Å². The second kappa shape index (κ2) is 6.82. The molecule has 0 radical (unpaired) electrons. The van der Waals surface area contributed by atoms with Gasteiger partial charge in [0.1, 0.15) is 17.6 Å². The van der Waals surface area contributed by atoms with Gasteiger partial charge in [-0.25, -0.2) is 4.39 Å². The predicted molar refractivity (Wildman–Crippen MR) is 96.6 cm³/mol. The van der Waals surface area contributed by atoms with Crippen molar-refractivity contribution in [1.29, 1.82) is 0 Å². The van der Waals surface area contributed by atoms with Crippen LogP contribution in [0.1, 0.15) is 5.01 Å². The van der Waals surface area contributed by atoms with Crippen molar-refractivity contribution in [2.45, 2.75) is 4.90 Å². The predicted octanol–water partition coefficient (Wildman–Crippen LogP) is 2.06. The molecule has 2 nitrogen and oxygen atoms in total. The molecule has 0 N–H and O–H groups in total. The van der Waals surface area contributed by atoms with Crippen LogP contribution in [0.25, 0.3) is 16.3 Å². The van der Waals surface area contributed by atoms with Crippen LogP contribution < -0.4 is 33.4 Å². The molecule has 0 bridgehead atoms. The quantitative estimate of drug-likeness (QED) is 0.381. The molecule has 124 valence electrons. The summed E-state index contributed by atoms with van der Waals surface area (Å²) >= 11 is 9.40. The molecule has 0 aliphatic carbocycles. The standard InChI is InChI=1S/C17H13ClFN2S2.HI/c1-20-12-5-4-11(19)8-15(12)23-16(20)9-17-21(2)13-7-10(18)3-6-14(13)22-17;/h3-9H,1-2H3;1H/q+1;/p-1. The highest BCUT2D eigenvalue weighted by Gasteiger charge is 2.25. The van der Waals surface area contributed by atoms with Crippen LogP contribution in [0.2, 0.25) is 5.02 Å². The van der Waals surface area contributed by atoms with Gasteiger partial charge in [-0.2, -0.15) is 4.57 Å². The third-order valence-corrected chi connectivity index (χ3v) is 6.45. The second-order valence-corrected chi connectivity index (χ2v) is 7.93. The van der Waals surface area contributed by atoms with Crippen LogP contribution in [-0.4, -0.2) is 7.05 Å². The molecule has 1 aliphatic rings. The lowest BCUT2D eigenvalue weighted by molar-refractivity contribution is -0.642. The van der Waals surface area contributed by atoms with Crippen molar-refractivity contribution in [2.75, 3.05) is 11.9 Å². The summed E-state index contributed by atoms with van der Waals surface area (Å²) in [6.45, 7) is 0. The van der Waals surface area contributed by atoms with E-state index >= 15 is 0 Å². The van der Waals surface area contributed by atoms with Crippen LogP contribution in [0.3, 0.4) is 0 Å². The number of aryl methyl sites for hydroxylation is 1. The lowest BCUT2D eigenvalue weighted by atomic mass is 10.3. The fraction of sp³-hybridized carbons (Fsp3) is 0.118. The number of rotatable bonds is 1. The van der Waals surface area contributed by atoms with Crippen molar-refractivity contribution in [3.63, 3.8) is 0 Å². The number of aromatic nitrogens is 1. The number of fused-ring (bicyclic) bond motifs is 2. The molecule has 0 atom stereocenters. The van der Waals surface area contributed by atoms with Crippen molar-refractivity contribution in [3.8, 4) is 0 Å². The van der Waals surface area contributed by atoms with E-state index in [4.69, 9.17) is 11.6 Å². The van der Waals surface area contributed by atoms with Crippen molar-refractivity contribution < 1.29 is 32.9 Å². The highest BCUT2D eigenvalue weighted by Crippen LogP contribution is 2.46. The van der Waals surface area contributed by atoms with Gasteiger partial charge < -0.3 is 28.9 Å². The number of hydrogen-bond donors (Lipinski definition) is 0. The Bertz CT molecular complexity index is 971. The van der Waals surface area contributed by atoms with Gasteiger partial charge in [0.05, 0.1) is 16.8 Å². The lowest BCUT2D eigenvalue weighted by Gasteiger charge is -2.12. The van der Waals surface area contributed by atoms with E-state index in [-0.39, 0.29) is 29.8 Å². The first kappa shape index (κ1) is 18.0. The number of thioether (sulfide) groups is 1. The zero-order chi connectivity index (χ0) is 16.1. The second-order valence-electron chi connectivity index (χ2n) is 5.37. The first-order valence-electron chi connectivity index (χ1n) is 7.04. The summed E-state index contributed by atoms with van der Waals surface area (Å²) in [5.41, 5.74) is 2.15. The Hall–Kier alpha value is -0.830. The average molecular weight is 491 g/mol. The van der Waals surface area contributed by atoms with Crippen LogP contribution in [0.4, 0.5) is 10.1 Å². The van der Waals surface area contributed by atoms with E-state index in [0.29, 0.717) is 0 Å². The van der Waals surface area contributed by atoms with Crippen molar-refractivity contribution >= 4 is 56.7 Å². The zero-order valence-electron chi connectivity index (χ0n) is 12.9. The molecule has 2 heterocycles. The first-order valence-corrected chi connectivity index (χ1v) is 9.05. The molecular formula is C17H13ClFIN2S2. The molecule has 0 saturated heterocycles. The molecule has 4 rings (SSSR count). The van der Waals surface area contributed by atoms with Crippen LogP contribution >= 0.6 is 34.7 Å². The lowest BCUT2D eigenvalue weighted by Crippen LogP contribution is -3.00. The molecule has 1 aliphatic heterocycles. The maximum Gasteiger partial charge on any atom is 0.265 e. The fourth-order valence-electron chi connectivity index (χ4n) is 2.64. The van der Waals surface area contributed by atoms with Gasteiger partial charge in [-0.1, -0.05) is 34.7 Å². The summed E-state index contributed by atoms with van der Waals surface area (Å²) in [5, 5.41) is 2.95. The Morgan fingerprint density at radius 1 is 1.21 bits per heavy atom. The van der Waals surface area contributed by atoms with Gasteiger partial charge in [-0.15, -0.1) is 0 Å². The van der Waals surface area contributed by atoms with Gasteiger partial charge in [0.2, 0.25) is 5.52 Å². The van der Waals surface area contributed by atoms with Crippen LogP contribution in [0.5, 0.6) is 0 Å². The molecule has 2 aromatic carbocycles. The third-order valence-electron chi connectivity index (χ3n) is 3.90. The van der Waals surface area contributed by atoms with Crippen molar-refractivity contribution in [1.82, 2.24) is 0 Å². The fourth-order valence-corrected chi connectivity index (χ4v) is 5.06. The van der Waals surface area contributed by atoms with E-state index < -0.39 is 0 Å². The van der Waals surface area contributed by atoms with E-state index in [0.717, 1.165) is 31.0 Å². The molecule has 24 heavy (non-hydrogen) atoms. The summed E-state index contributed by atoms with van der Waals surface area (Å²) in [6, 6.07) is 10.8. The monoisotopic (exact) mass is 490 g/mol. The Balaban J connectivity index is 0.00000169. The smallest absolute Gasteiger partial charge is 0.265 e. The molecule has 7 heteroatoms. The molecule has 1 aromatic heterocycles. The maximum atomic E-state index is 13.4. The molecule has 0 spiro atoms. The molecule has 0 fully saturated rings. The van der Waals surface area contributed by atoms with Crippen molar-refractivity contribution in [3.05, 3.63) is 57.3 Å². The zero-order valence-corrected chi connectivity index (χ0v) is 17.4. The molecular weight excluding hydrogens is 478 g/mol. The molecule has 0 unspecified atom stereocenters. The minimum Gasteiger partial charge on any atom is -1.00 e. The van der Waals surface area contributed by atoms with Crippen LogP contribution in [0.15, 0.2) is 46.3 Å². The normalized spacial score (nSPS) is 15.0. The summed E-state index contributed by atoms with van der Waals surface area (Å²) in [5.74, 6) is -0.201. The van der Waals surface area contributed by atoms with Gasteiger partial charge in [0, 0.05) is 23.0 Å². The minimum absolute atomic E-state index is 0. The van der Waals surface area contributed by atoms with E-state index in [9.17, 15) is 4.39 Å². The Kier molecular flexibility index (Phi) is 5.11. The van der Waals surface area contributed by atoms with E-state index in [1.165, 1.54) is 11.0 Å². The van der Waals surface area contributed by atoms with E-state index in [2.05, 4.69) is 15.5 Å². The number of halogens is 3. The third kappa shape index (κ3) is 3.05. The number of thiazole rings is 1. The summed E-state index contributed by atoms with van der Waals surface area (Å²) in [4.78, 5) is 3.33. The van der Waals surface area contributed by atoms with Crippen LogP contribution in [0, 0.1) is 5.82 Å². The number of benzene rings is 2. The molecule has 0 amide bonds. The largest absolute Gasteiger partial charge is 1.00 e.